The largest absolute Gasteiger partial charge is 0.380 e. The number of alkyl halides is 1. The van der Waals surface area contributed by atoms with Crippen molar-refractivity contribution in [1.29, 1.82) is 0 Å². The van der Waals surface area contributed by atoms with E-state index in [0.29, 0.717) is 32.1 Å². The van der Waals surface area contributed by atoms with Crippen LogP contribution in [0.1, 0.15) is 16.8 Å². The quantitative estimate of drug-likeness (QED) is 0.613. The molecular formula is C12H14BrClFNO2. The summed E-state index contributed by atoms with van der Waals surface area (Å²) < 4.78 is 19.0. The molecule has 0 aromatic heterocycles. The summed E-state index contributed by atoms with van der Waals surface area (Å²) in [4.78, 5) is 11.7. The summed E-state index contributed by atoms with van der Waals surface area (Å²) in [5, 5.41) is 2.63. The fourth-order valence-corrected chi connectivity index (χ4v) is 1.78. The van der Waals surface area contributed by atoms with E-state index in [1.165, 1.54) is 6.07 Å². The molecule has 0 bridgehead atoms. The number of rotatable bonds is 7. The Morgan fingerprint density at radius 2 is 2.22 bits per heavy atom. The van der Waals surface area contributed by atoms with E-state index in [1.807, 2.05) is 0 Å². The first kappa shape index (κ1) is 15.4. The molecule has 0 aliphatic carbocycles. The molecule has 1 aromatic rings. The van der Waals surface area contributed by atoms with Gasteiger partial charge in [0.2, 0.25) is 0 Å². The number of halogens is 3. The second-order valence-electron chi connectivity index (χ2n) is 3.51. The van der Waals surface area contributed by atoms with Crippen LogP contribution in [0.15, 0.2) is 22.7 Å². The number of benzene rings is 1. The highest BCUT2D eigenvalue weighted by atomic mass is 79.9. The first-order chi connectivity index (χ1) is 8.66. The van der Waals surface area contributed by atoms with Crippen molar-refractivity contribution in [2.75, 3.05) is 25.6 Å². The SMILES string of the molecule is O=C(NCCCOCCCl)c1cccc(Br)c1F. The lowest BCUT2D eigenvalue weighted by atomic mass is 10.2. The molecule has 1 aromatic carbocycles. The van der Waals surface area contributed by atoms with Gasteiger partial charge in [-0.3, -0.25) is 4.79 Å². The number of nitrogens with one attached hydrogen (secondary N) is 1. The fourth-order valence-electron chi connectivity index (χ4n) is 1.31. The Balaban J connectivity index is 2.35. The fraction of sp³-hybridized carbons (Fsp3) is 0.417. The molecule has 0 fully saturated rings. The van der Waals surface area contributed by atoms with E-state index in [4.69, 9.17) is 16.3 Å². The van der Waals surface area contributed by atoms with E-state index < -0.39 is 11.7 Å². The molecule has 1 N–H and O–H groups in total. The Bertz CT molecular complexity index is 404. The lowest BCUT2D eigenvalue weighted by Crippen LogP contribution is -2.26. The van der Waals surface area contributed by atoms with Gasteiger partial charge in [0, 0.05) is 19.0 Å². The number of carbonyl (C=O) groups is 1. The average Bonchev–Trinajstić information content (AvgIpc) is 2.36. The molecule has 0 saturated heterocycles. The van der Waals surface area contributed by atoms with Crippen LogP contribution in [0.3, 0.4) is 0 Å². The molecule has 0 radical (unpaired) electrons. The van der Waals surface area contributed by atoms with Crippen LogP contribution in [0.2, 0.25) is 0 Å². The summed E-state index contributed by atoms with van der Waals surface area (Å²) in [7, 11) is 0. The van der Waals surface area contributed by atoms with Gasteiger partial charge in [-0.1, -0.05) is 6.07 Å². The van der Waals surface area contributed by atoms with Gasteiger partial charge in [-0.05, 0) is 34.5 Å². The minimum atomic E-state index is -0.548. The van der Waals surface area contributed by atoms with Gasteiger partial charge in [-0.25, -0.2) is 4.39 Å². The highest BCUT2D eigenvalue weighted by Crippen LogP contribution is 2.18. The first-order valence-electron chi connectivity index (χ1n) is 5.52. The lowest BCUT2D eigenvalue weighted by Gasteiger charge is -2.07. The van der Waals surface area contributed by atoms with Gasteiger partial charge in [-0.15, -0.1) is 11.6 Å². The molecular weight excluding hydrogens is 324 g/mol. The summed E-state index contributed by atoms with van der Waals surface area (Å²) in [5.74, 6) is -0.519. The minimum absolute atomic E-state index is 0.0334. The Morgan fingerprint density at radius 3 is 2.94 bits per heavy atom. The summed E-state index contributed by atoms with van der Waals surface area (Å²) in [6.07, 6.45) is 0.665. The zero-order valence-electron chi connectivity index (χ0n) is 9.72. The highest BCUT2D eigenvalue weighted by molar-refractivity contribution is 9.10. The van der Waals surface area contributed by atoms with Gasteiger partial charge < -0.3 is 10.1 Å². The summed E-state index contributed by atoms with van der Waals surface area (Å²) >= 11 is 8.47. The maximum absolute atomic E-state index is 13.6. The van der Waals surface area contributed by atoms with Crippen molar-refractivity contribution >= 4 is 33.4 Å². The van der Waals surface area contributed by atoms with Crippen LogP contribution < -0.4 is 5.32 Å². The average molecular weight is 339 g/mol. The third-order valence-corrected chi connectivity index (χ3v) is 2.94. The molecule has 1 rings (SSSR count). The molecule has 0 aliphatic rings. The molecule has 6 heteroatoms. The number of hydrogen-bond donors (Lipinski definition) is 1. The van der Waals surface area contributed by atoms with Crippen LogP contribution >= 0.6 is 27.5 Å². The summed E-state index contributed by atoms with van der Waals surface area (Å²) in [6, 6.07) is 4.61. The van der Waals surface area contributed by atoms with Crippen molar-refractivity contribution in [2.24, 2.45) is 0 Å². The standard InChI is InChI=1S/C12H14BrClFNO2/c13-10-4-1-3-9(11(10)15)12(17)16-6-2-7-18-8-5-14/h1,3-4H,2,5-8H2,(H,16,17). The van der Waals surface area contributed by atoms with Crippen LogP contribution in [0, 0.1) is 5.82 Å². The van der Waals surface area contributed by atoms with Crippen molar-refractivity contribution in [3.63, 3.8) is 0 Å². The Kier molecular flexibility index (Phi) is 7.23. The molecule has 0 saturated carbocycles. The third kappa shape index (κ3) is 4.92. The molecule has 0 heterocycles. The van der Waals surface area contributed by atoms with Gasteiger partial charge in [-0.2, -0.15) is 0 Å². The van der Waals surface area contributed by atoms with Crippen LogP contribution in [0.5, 0.6) is 0 Å². The van der Waals surface area contributed by atoms with Gasteiger partial charge in [0.25, 0.3) is 5.91 Å². The molecule has 0 atom stereocenters. The Labute approximate surface area is 119 Å². The second-order valence-corrected chi connectivity index (χ2v) is 4.74. The molecule has 0 aliphatic heterocycles. The van der Waals surface area contributed by atoms with Crippen LogP contribution in [0.4, 0.5) is 4.39 Å². The van der Waals surface area contributed by atoms with E-state index in [9.17, 15) is 9.18 Å². The zero-order valence-corrected chi connectivity index (χ0v) is 12.1. The summed E-state index contributed by atoms with van der Waals surface area (Å²) in [6.45, 7) is 1.46. The number of amides is 1. The smallest absolute Gasteiger partial charge is 0.254 e. The zero-order chi connectivity index (χ0) is 13.4. The van der Waals surface area contributed by atoms with Gasteiger partial charge in [0.1, 0.15) is 5.82 Å². The third-order valence-electron chi connectivity index (χ3n) is 2.17. The van der Waals surface area contributed by atoms with Gasteiger partial charge >= 0.3 is 0 Å². The van der Waals surface area contributed by atoms with E-state index in [2.05, 4.69) is 21.2 Å². The molecule has 100 valence electrons. The molecule has 0 unspecified atom stereocenters. The van der Waals surface area contributed by atoms with Crippen LogP contribution in [-0.2, 0) is 4.74 Å². The van der Waals surface area contributed by atoms with Crippen LogP contribution in [-0.4, -0.2) is 31.5 Å². The van der Waals surface area contributed by atoms with Crippen molar-refractivity contribution in [3.05, 3.63) is 34.1 Å². The number of hydrogen-bond acceptors (Lipinski definition) is 2. The topological polar surface area (TPSA) is 38.3 Å². The molecule has 18 heavy (non-hydrogen) atoms. The molecule has 3 nitrogen and oxygen atoms in total. The Morgan fingerprint density at radius 1 is 1.44 bits per heavy atom. The molecule has 0 spiro atoms. The number of ether oxygens (including phenoxy) is 1. The van der Waals surface area contributed by atoms with Crippen molar-refractivity contribution in [2.45, 2.75) is 6.42 Å². The van der Waals surface area contributed by atoms with E-state index in [1.54, 1.807) is 12.1 Å². The van der Waals surface area contributed by atoms with Gasteiger partial charge in [0.15, 0.2) is 0 Å². The lowest BCUT2D eigenvalue weighted by molar-refractivity contribution is 0.0940. The predicted molar refractivity (Wildman–Crippen MR) is 72.6 cm³/mol. The first-order valence-corrected chi connectivity index (χ1v) is 6.85. The van der Waals surface area contributed by atoms with Crippen molar-refractivity contribution in [1.82, 2.24) is 5.32 Å². The molecule has 1 amide bonds. The van der Waals surface area contributed by atoms with Crippen molar-refractivity contribution in [3.8, 4) is 0 Å². The van der Waals surface area contributed by atoms with Crippen LogP contribution in [0.25, 0.3) is 0 Å². The maximum Gasteiger partial charge on any atom is 0.254 e. The van der Waals surface area contributed by atoms with E-state index >= 15 is 0 Å². The number of carbonyl (C=O) groups excluding carboxylic acids is 1. The highest BCUT2D eigenvalue weighted by Gasteiger charge is 2.12. The summed E-state index contributed by atoms with van der Waals surface area (Å²) in [5.41, 5.74) is 0.0334. The maximum atomic E-state index is 13.6. The van der Waals surface area contributed by atoms with E-state index in [0.717, 1.165) is 0 Å². The Hall–Kier alpha value is -0.650. The van der Waals surface area contributed by atoms with E-state index in [-0.39, 0.29) is 10.0 Å². The minimum Gasteiger partial charge on any atom is -0.380 e. The van der Waals surface area contributed by atoms with Gasteiger partial charge in [0.05, 0.1) is 16.6 Å². The monoisotopic (exact) mass is 337 g/mol. The predicted octanol–water partition coefficient (Wildman–Crippen LogP) is 2.96. The second kappa shape index (κ2) is 8.45. The van der Waals surface area contributed by atoms with Crippen molar-refractivity contribution < 1.29 is 13.9 Å². The normalized spacial score (nSPS) is 10.4.